The third-order valence-electron chi connectivity index (χ3n) is 3.61. The molecule has 0 spiro atoms. The minimum atomic E-state index is -0.263. The molecule has 1 aliphatic heterocycles. The van der Waals surface area contributed by atoms with Crippen LogP contribution in [0.3, 0.4) is 0 Å². The highest BCUT2D eigenvalue weighted by molar-refractivity contribution is 5.89. The Hall–Kier alpha value is -1.88. The number of ether oxygens (including phenoxy) is 1. The largest absolute Gasteiger partial charge is 0.383 e. The van der Waals surface area contributed by atoms with E-state index < -0.39 is 0 Å². The third-order valence-corrected chi connectivity index (χ3v) is 3.61. The van der Waals surface area contributed by atoms with Crippen LogP contribution in [0.5, 0.6) is 0 Å². The Morgan fingerprint density at radius 2 is 2.14 bits per heavy atom. The van der Waals surface area contributed by atoms with E-state index in [4.69, 9.17) is 4.74 Å². The van der Waals surface area contributed by atoms with Gasteiger partial charge in [-0.05, 0) is 12.5 Å². The first-order chi connectivity index (χ1) is 10.1. The zero-order valence-corrected chi connectivity index (χ0v) is 12.5. The molecule has 0 bridgehead atoms. The summed E-state index contributed by atoms with van der Waals surface area (Å²) in [4.78, 5) is 25.9. The molecule has 0 radical (unpaired) electrons. The van der Waals surface area contributed by atoms with Crippen molar-refractivity contribution in [2.24, 2.45) is 5.92 Å². The van der Waals surface area contributed by atoms with Crippen LogP contribution in [0.2, 0.25) is 0 Å². The highest BCUT2D eigenvalue weighted by Gasteiger charge is 2.34. The lowest BCUT2D eigenvalue weighted by atomic mass is 10.1. The van der Waals surface area contributed by atoms with Crippen LogP contribution < -0.4 is 5.32 Å². The number of carbonyl (C=O) groups excluding carboxylic acids is 2. The van der Waals surface area contributed by atoms with Crippen molar-refractivity contribution in [2.75, 3.05) is 20.3 Å². The first-order valence-corrected chi connectivity index (χ1v) is 7.21. The van der Waals surface area contributed by atoms with Crippen molar-refractivity contribution < 1.29 is 14.3 Å². The fourth-order valence-corrected chi connectivity index (χ4v) is 2.56. The summed E-state index contributed by atoms with van der Waals surface area (Å²) in [5.41, 5.74) is 1.08. The molecule has 1 heterocycles. The van der Waals surface area contributed by atoms with Gasteiger partial charge in [-0.3, -0.25) is 9.59 Å². The summed E-state index contributed by atoms with van der Waals surface area (Å²) >= 11 is 0. The fourth-order valence-electron chi connectivity index (χ4n) is 2.56. The monoisotopic (exact) mass is 290 g/mol. The van der Waals surface area contributed by atoms with Gasteiger partial charge < -0.3 is 15.0 Å². The first kappa shape index (κ1) is 15.5. The van der Waals surface area contributed by atoms with E-state index in [-0.39, 0.29) is 23.8 Å². The van der Waals surface area contributed by atoms with E-state index in [0.29, 0.717) is 26.1 Å². The Balaban J connectivity index is 1.88. The molecule has 0 aromatic heterocycles. The maximum Gasteiger partial charge on any atom is 0.225 e. The summed E-state index contributed by atoms with van der Waals surface area (Å²) in [5.74, 6) is -0.289. The Labute approximate surface area is 125 Å². The van der Waals surface area contributed by atoms with E-state index in [2.05, 4.69) is 5.32 Å². The zero-order valence-electron chi connectivity index (χ0n) is 12.5. The summed E-state index contributed by atoms with van der Waals surface area (Å²) in [7, 11) is 1.60. The Morgan fingerprint density at radius 3 is 2.81 bits per heavy atom. The number of nitrogens with zero attached hydrogens (tertiary/aromatic N) is 1. The molecule has 5 nitrogen and oxygen atoms in total. The number of amides is 2. The normalized spacial score (nSPS) is 19.6. The number of hydrogen-bond acceptors (Lipinski definition) is 3. The number of benzene rings is 1. The van der Waals surface area contributed by atoms with Crippen molar-refractivity contribution >= 4 is 11.8 Å². The molecule has 114 valence electrons. The van der Waals surface area contributed by atoms with Gasteiger partial charge in [0, 0.05) is 32.7 Å². The van der Waals surface area contributed by atoms with Crippen LogP contribution >= 0.6 is 0 Å². The molecule has 1 aliphatic rings. The van der Waals surface area contributed by atoms with Crippen molar-refractivity contribution in [2.45, 2.75) is 25.9 Å². The number of methoxy groups -OCH3 is 1. The summed E-state index contributed by atoms with van der Waals surface area (Å²) in [6.07, 6.45) is 0.290. The van der Waals surface area contributed by atoms with Crippen LogP contribution in [0.15, 0.2) is 30.3 Å². The van der Waals surface area contributed by atoms with E-state index >= 15 is 0 Å². The number of likely N-dealkylation sites (tertiary alicyclic amines) is 1. The molecule has 1 fully saturated rings. The standard InChI is InChI=1S/C16H22N2O3/c1-12(11-21-2)17-16(20)14-8-15(19)18(10-14)9-13-6-4-3-5-7-13/h3-7,12,14H,8-11H2,1-2H3,(H,17,20). The van der Waals surface area contributed by atoms with Crippen molar-refractivity contribution in [3.8, 4) is 0 Å². The Kier molecular flexibility index (Phi) is 5.33. The van der Waals surface area contributed by atoms with Crippen LogP contribution in [0.25, 0.3) is 0 Å². The highest BCUT2D eigenvalue weighted by atomic mass is 16.5. The summed E-state index contributed by atoms with van der Waals surface area (Å²) < 4.78 is 5.00. The zero-order chi connectivity index (χ0) is 15.2. The second-order valence-corrected chi connectivity index (χ2v) is 5.53. The van der Waals surface area contributed by atoms with Gasteiger partial charge >= 0.3 is 0 Å². The van der Waals surface area contributed by atoms with E-state index in [1.165, 1.54) is 0 Å². The van der Waals surface area contributed by atoms with E-state index in [1.807, 2.05) is 37.3 Å². The van der Waals surface area contributed by atoms with Crippen LogP contribution in [0.1, 0.15) is 18.9 Å². The molecule has 1 saturated heterocycles. The lowest BCUT2D eigenvalue weighted by Crippen LogP contribution is -2.40. The molecule has 1 N–H and O–H groups in total. The molecular formula is C16H22N2O3. The maximum absolute atomic E-state index is 12.1. The van der Waals surface area contributed by atoms with Gasteiger partial charge in [0.15, 0.2) is 0 Å². The van der Waals surface area contributed by atoms with Gasteiger partial charge in [-0.2, -0.15) is 0 Å². The number of carbonyl (C=O) groups is 2. The lowest BCUT2D eigenvalue weighted by Gasteiger charge is -2.18. The van der Waals surface area contributed by atoms with Gasteiger partial charge in [0.25, 0.3) is 0 Å². The predicted octanol–water partition coefficient (Wildman–Crippen LogP) is 1.19. The van der Waals surface area contributed by atoms with Crippen molar-refractivity contribution in [3.05, 3.63) is 35.9 Å². The molecule has 5 heteroatoms. The first-order valence-electron chi connectivity index (χ1n) is 7.21. The van der Waals surface area contributed by atoms with Gasteiger partial charge in [0.05, 0.1) is 12.5 Å². The molecule has 1 aromatic rings. The second kappa shape index (κ2) is 7.22. The Morgan fingerprint density at radius 1 is 1.43 bits per heavy atom. The molecule has 2 rings (SSSR count). The van der Waals surface area contributed by atoms with Crippen LogP contribution in [0.4, 0.5) is 0 Å². The predicted molar refractivity (Wildman–Crippen MR) is 79.4 cm³/mol. The van der Waals surface area contributed by atoms with Crippen molar-refractivity contribution in [3.63, 3.8) is 0 Å². The van der Waals surface area contributed by atoms with Gasteiger partial charge in [-0.15, -0.1) is 0 Å². The molecule has 21 heavy (non-hydrogen) atoms. The molecule has 0 aliphatic carbocycles. The molecular weight excluding hydrogens is 268 g/mol. The minimum absolute atomic E-state index is 0.0402. The summed E-state index contributed by atoms with van der Waals surface area (Å²) in [5, 5.41) is 2.88. The van der Waals surface area contributed by atoms with Gasteiger partial charge in [-0.1, -0.05) is 30.3 Å². The lowest BCUT2D eigenvalue weighted by molar-refractivity contribution is -0.129. The Bertz CT molecular complexity index is 490. The van der Waals surface area contributed by atoms with Crippen molar-refractivity contribution in [1.29, 1.82) is 0 Å². The van der Waals surface area contributed by atoms with Gasteiger partial charge in [0.1, 0.15) is 0 Å². The SMILES string of the molecule is COCC(C)NC(=O)C1CC(=O)N(Cc2ccccc2)C1. The summed E-state index contributed by atoms with van der Waals surface area (Å²) in [6, 6.07) is 9.78. The maximum atomic E-state index is 12.1. The third kappa shape index (κ3) is 4.29. The van der Waals surface area contributed by atoms with Crippen LogP contribution in [-0.2, 0) is 20.9 Å². The average Bonchev–Trinajstić information content (AvgIpc) is 2.82. The van der Waals surface area contributed by atoms with Crippen molar-refractivity contribution in [1.82, 2.24) is 10.2 Å². The quantitative estimate of drug-likeness (QED) is 0.856. The second-order valence-electron chi connectivity index (χ2n) is 5.53. The number of rotatable bonds is 6. The fraction of sp³-hybridized carbons (Fsp3) is 0.500. The molecule has 2 atom stereocenters. The van der Waals surface area contributed by atoms with Crippen LogP contribution in [0, 0.1) is 5.92 Å². The summed E-state index contributed by atoms with van der Waals surface area (Å²) in [6.45, 7) is 3.41. The average molecular weight is 290 g/mol. The van der Waals surface area contributed by atoms with E-state index in [1.54, 1.807) is 12.0 Å². The van der Waals surface area contributed by atoms with E-state index in [0.717, 1.165) is 5.56 Å². The van der Waals surface area contributed by atoms with E-state index in [9.17, 15) is 9.59 Å². The molecule has 1 aromatic carbocycles. The minimum Gasteiger partial charge on any atom is -0.383 e. The topological polar surface area (TPSA) is 58.6 Å². The van der Waals surface area contributed by atoms with Crippen LogP contribution in [-0.4, -0.2) is 43.0 Å². The molecule has 2 unspecified atom stereocenters. The van der Waals surface area contributed by atoms with Gasteiger partial charge in [0.2, 0.25) is 11.8 Å². The smallest absolute Gasteiger partial charge is 0.225 e. The molecule has 2 amide bonds. The number of nitrogens with one attached hydrogen (secondary N) is 1. The highest BCUT2D eigenvalue weighted by Crippen LogP contribution is 2.20. The molecule has 0 saturated carbocycles. The number of hydrogen-bond donors (Lipinski definition) is 1. The van der Waals surface area contributed by atoms with Gasteiger partial charge in [-0.25, -0.2) is 0 Å².